The fourth-order valence-corrected chi connectivity index (χ4v) is 2.22. The molecule has 1 aromatic heterocycles. The monoisotopic (exact) mass is 364 g/mol. The van der Waals surface area contributed by atoms with Crippen LogP contribution in [0, 0.1) is 0 Å². The van der Waals surface area contributed by atoms with Crippen molar-refractivity contribution >= 4 is 15.9 Å². The van der Waals surface area contributed by atoms with Crippen LogP contribution in [0.15, 0.2) is 28.7 Å². The minimum atomic E-state index is -4.56. The van der Waals surface area contributed by atoms with E-state index in [1.165, 1.54) is 0 Å². The van der Waals surface area contributed by atoms with Gasteiger partial charge in [-0.05, 0) is 25.1 Å². The third-order valence-electron chi connectivity index (χ3n) is 2.70. The number of aliphatic hydroxyl groups excluding tert-OH is 1. The van der Waals surface area contributed by atoms with Gasteiger partial charge >= 0.3 is 6.18 Å². The molecule has 0 aliphatic heterocycles. The lowest BCUT2D eigenvalue weighted by molar-refractivity contribution is -0.141. The summed E-state index contributed by atoms with van der Waals surface area (Å²) in [6, 6.07) is 5.66. The van der Waals surface area contributed by atoms with E-state index in [1.807, 2.05) is 0 Å². The smallest absolute Gasteiger partial charge is 0.435 e. The van der Waals surface area contributed by atoms with Gasteiger partial charge < -0.3 is 9.84 Å². The first kappa shape index (κ1) is 15.8. The molecule has 114 valence electrons. The van der Waals surface area contributed by atoms with Crippen LogP contribution in [0.2, 0.25) is 0 Å². The van der Waals surface area contributed by atoms with Crippen molar-refractivity contribution in [3.05, 3.63) is 40.0 Å². The van der Waals surface area contributed by atoms with Gasteiger partial charge in [-0.25, -0.2) is 4.68 Å². The zero-order chi connectivity index (χ0) is 15.6. The van der Waals surface area contributed by atoms with Gasteiger partial charge in [0.2, 0.25) is 5.88 Å². The van der Waals surface area contributed by atoms with E-state index in [1.54, 1.807) is 25.1 Å². The number of rotatable bonds is 4. The molecule has 0 radical (unpaired) electrons. The molecule has 4 nitrogen and oxygen atoms in total. The maximum Gasteiger partial charge on any atom is 0.435 e. The topological polar surface area (TPSA) is 47.3 Å². The van der Waals surface area contributed by atoms with E-state index >= 15 is 0 Å². The Balaban J connectivity index is 2.59. The number of benzene rings is 1. The third-order valence-corrected chi connectivity index (χ3v) is 3.19. The summed E-state index contributed by atoms with van der Waals surface area (Å²) in [6.07, 6.45) is -4.56. The van der Waals surface area contributed by atoms with Crippen molar-refractivity contribution < 1.29 is 23.0 Å². The van der Waals surface area contributed by atoms with Gasteiger partial charge in [0.1, 0.15) is 0 Å². The van der Waals surface area contributed by atoms with E-state index in [0.29, 0.717) is 15.7 Å². The number of halogens is 4. The van der Waals surface area contributed by atoms with E-state index in [-0.39, 0.29) is 19.1 Å². The minimum absolute atomic E-state index is 0.0261. The lowest BCUT2D eigenvalue weighted by atomic mass is 10.2. The summed E-state index contributed by atoms with van der Waals surface area (Å²) in [5.74, 6) is -0.0261. The first-order valence-electron chi connectivity index (χ1n) is 6.06. The first-order valence-corrected chi connectivity index (χ1v) is 6.85. The van der Waals surface area contributed by atoms with Crippen molar-refractivity contribution in [3.63, 3.8) is 0 Å². The van der Waals surface area contributed by atoms with E-state index in [9.17, 15) is 18.3 Å². The lowest BCUT2D eigenvalue weighted by Gasteiger charge is -2.11. The van der Waals surface area contributed by atoms with E-state index in [0.717, 1.165) is 10.7 Å². The van der Waals surface area contributed by atoms with Crippen LogP contribution in [0.1, 0.15) is 18.2 Å². The van der Waals surface area contributed by atoms with Crippen molar-refractivity contribution in [2.45, 2.75) is 19.7 Å². The molecule has 1 heterocycles. The Bertz CT molecular complexity index is 641. The van der Waals surface area contributed by atoms with Gasteiger partial charge in [-0.3, -0.25) is 0 Å². The number of nitrogens with zero attached hydrogens (tertiary/aromatic N) is 2. The second-order valence-electron chi connectivity index (χ2n) is 4.14. The highest BCUT2D eigenvalue weighted by Crippen LogP contribution is 2.33. The molecule has 0 aliphatic carbocycles. The summed E-state index contributed by atoms with van der Waals surface area (Å²) in [5, 5.41) is 12.9. The lowest BCUT2D eigenvalue weighted by Crippen LogP contribution is -2.09. The van der Waals surface area contributed by atoms with Gasteiger partial charge in [-0.15, -0.1) is 0 Å². The predicted molar refractivity (Wildman–Crippen MR) is 73.4 cm³/mol. The molecule has 0 saturated heterocycles. The fraction of sp³-hybridized carbons (Fsp3) is 0.308. The molecule has 0 fully saturated rings. The molecule has 1 aromatic carbocycles. The van der Waals surface area contributed by atoms with Crippen molar-refractivity contribution in [2.24, 2.45) is 0 Å². The summed E-state index contributed by atoms with van der Waals surface area (Å²) >= 11 is 3.24. The summed E-state index contributed by atoms with van der Waals surface area (Å²) in [7, 11) is 0. The molecule has 2 rings (SSSR count). The maximum atomic E-state index is 12.8. The molecule has 0 saturated carbocycles. The van der Waals surface area contributed by atoms with Gasteiger partial charge in [0.15, 0.2) is 5.69 Å². The number of aliphatic hydroxyl groups is 1. The van der Waals surface area contributed by atoms with Gasteiger partial charge in [0.25, 0.3) is 0 Å². The third kappa shape index (κ3) is 3.38. The molecule has 1 N–H and O–H groups in total. The number of hydrogen-bond acceptors (Lipinski definition) is 3. The molecule has 0 unspecified atom stereocenters. The molecule has 0 spiro atoms. The van der Waals surface area contributed by atoms with Crippen LogP contribution >= 0.6 is 15.9 Å². The van der Waals surface area contributed by atoms with Crippen molar-refractivity contribution in [1.82, 2.24) is 9.78 Å². The molecule has 21 heavy (non-hydrogen) atoms. The van der Waals surface area contributed by atoms with Crippen LogP contribution in [0.4, 0.5) is 13.2 Å². The average Bonchev–Trinajstić information content (AvgIpc) is 2.83. The van der Waals surface area contributed by atoms with Crippen LogP contribution in [-0.2, 0) is 12.8 Å². The number of hydrogen-bond donors (Lipinski definition) is 1. The molecule has 0 amide bonds. The summed E-state index contributed by atoms with van der Waals surface area (Å²) < 4.78 is 45.3. The summed E-state index contributed by atoms with van der Waals surface area (Å²) in [4.78, 5) is 0. The summed E-state index contributed by atoms with van der Waals surface area (Å²) in [5.41, 5.74) is -0.278. The van der Waals surface area contributed by atoms with Crippen LogP contribution in [0.3, 0.4) is 0 Å². The van der Waals surface area contributed by atoms with E-state index in [4.69, 9.17) is 4.74 Å². The second kappa shape index (κ2) is 6.07. The fourth-order valence-electron chi connectivity index (χ4n) is 1.81. The van der Waals surface area contributed by atoms with Crippen molar-refractivity contribution in [2.75, 3.05) is 6.61 Å². The van der Waals surface area contributed by atoms with Gasteiger partial charge in [-0.1, -0.05) is 15.9 Å². The standard InChI is InChI=1S/C13H12BrF3N2O2/c1-2-21-12-6-11(13(15,16)17)18-19(12)10-4-3-9(14)5-8(10)7-20/h3-6,20H,2,7H2,1H3. The van der Waals surface area contributed by atoms with Crippen molar-refractivity contribution in [1.29, 1.82) is 0 Å². The number of alkyl halides is 3. The average molecular weight is 365 g/mol. The molecule has 2 aromatic rings. The van der Waals surface area contributed by atoms with Gasteiger partial charge in [0, 0.05) is 16.1 Å². The number of ether oxygens (including phenoxy) is 1. The minimum Gasteiger partial charge on any atom is -0.478 e. The van der Waals surface area contributed by atoms with Gasteiger partial charge in [-0.2, -0.15) is 18.3 Å². The van der Waals surface area contributed by atoms with E-state index in [2.05, 4.69) is 21.0 Å². The largest absolute Gasteiger partial charge is 0.478 e. The van der Waals surface area contributed by atoms with Gasteiger partial charge in [0.05, 0.1) is 18.9 Å². The maximum absolute atomic E-state index is 12.8. The Hall–Kier alpha value is -1.54. The van der Waals surface area contributed by atoms with Crippen LogP contribution < -0.4 is 4.74 Å². The molecule has 0 bridgehead atoms. The quantitative estimate of drug-likeness (QED) is 0.902. The second-order valence-corrected chi connectivity index (χ2v) is 5.06. The highest BCUT2D eigenvalue weighted by atomic mass is 79.9. The van der Waals surface area contributed by atoms with Crippen molar-refractivity contribution in [3.8, 4) is 11.6 Å². The Morgan fingerprint density at radius 2 is 2.05 bits per heavy atom. The van der Waals surface area contributed by atoms with Crippen LogP contribution in [0.5, 0.6) is 5.88 Å². The molecule has 8 heteroatoms. The Labute approximate surface area is 127 Å². The highest BCUT2D eigenvalue weighted by molar-refractivity contribution is 9.10. The van der Waals surface area contributed by atoms with E-state index < -0.39 is 11.9 Å². The first-order chi connectivity index (χ1) is 9.86. The predicted octanol–water partition coefficient (Wildman–Crippen LogP) is 3.54. The molecule has 0 atom stereocenters. The van der Waals surface area contributed by atoms with Crippen LogP contribution in [-0.4, -0.2) is 21.5 Å². The summed E-state index contributed by atoms with van der Waals surface area (Å²) in [6.45, 7) is 1.54. The molecule has 0 aliphatic rings. The Morgan fingerprint density at radius 1 is 1.33 bits per heavy atom. The zero-order valence-corrected chi connectivity index (χ0v) is 12.6. The zero-order valence-electron chi connectivity index (χ0n) is 11.0. The molecular weight excluding hydrogens is 353 g/mol. The Kier molecular flexibility index (Phi) is 4.58. The Morgan fingerprint density at radius 3 is 2.62 bits per heavy atom. The normalized spacial score (nSPS) is 11.7. The number of aromatic nitrogens is 2. The molecular formula is C13H12BrF3N2O2. The van der Waals surface area contributed by atoms with Crippen LogP contribution in [0.25, 0.3) is 5.69 Å². The highest BCUT2D eigenvalue weighted by Gasteiger charge is 2.35. The SMILES string of the molecule is CCOc1cc(C(F)(F)F)nn1-c1ccc(Br)cc1CO.